The first-order valence-electron chi connectivity index (χ1n) is 38.0. The van der Waals surface area contributed by atoms with E-state index in [9.17, 15) is 14.4 Å². The van der Waals surface area contributed by atoms with Crippen LogP contribution in [0.15, 0.2) is 0 Å². The summed E-state index contributed by atoms with van der Waals surface area (Å²) < 4.78 is 17.0. The zero-order valence-electron chi connectivity index (χ0n) is 56.3. The molecule has 0 amide bonds. The Morgan fingerprint density at radius 1 is 0.195 bits per heavy atom. The summed E-state index contributed by atoms with van der Waals surface area (Å²) in [7, 11) is 0. The summed E-state index contributed by atoms with van der Waals surface area (Å²) in [5.41, 5.74) is 0. The Morgan fingerprint density at radius 2 is 0.329 bits per heavy atom. The fraction of sp³-hybridized carbons (Fsp3) is 0.961. The minimum absolute atomic E-state index is 0.0606. The average molecular weight is 1160 g/mol. The summed E-state index contributed by atoms with van der Waals surface area (Å²) >= 11 is 0. The first kappa shape index (κ1) is 80.4. The van der Waals surface area contributed by atoms with Crippen LogP contribution in [0.2, 0.25) is 0 Å². The molecular formula is C76H148O6. The molecule has 82 heavy (non-hydrogen) atoms. The number of rotatable bonds is 72. The topological polar surface area (TPSA) is 78.9 Å². The lowest BCUT2D eigenvalue weighted by atomic mass is 10.0. The van der Waals surface area contributed by atoms with Crippen LogP contribution in [0.3, 0.4) is 0 Å². The molecule has 0 aliphatic heterocycles. The van der Waals surface area contributed by atoms with Crippen LogP contribution in [0.1, 0.15) is 451 Å². The van der Waals surface area contributed by atoms with E-state index in [1.165, 1.54) is 353 Å². The molecule has 0 rings (SSSR count). The number of unbranched alkanes of at least 4 members (excludes halogenated alkanes) is 61. The molecule has 0 saturated carbocycles. The summed E-state index contributed by atoms with van der Waals surface area (Å²) in [4.78, 5) is 38.3. The zero-order chi connectivity index (χ0) is 59.2. The summed E-state index contributed by atoms with van der Waals surface area (Å²) in [6, 6.07) is 0. The highest BCUT2D eigenvalue weighted by Crippen LogP contribution is 2.20. The second kappa shape index (κ2) is 71.9. The average Bonchev–Trinajstić information content (AvgIpc) is 3.48. The Kier molecular flexibility index (Phi) is 70.5. The Hall–Kier alpha value is -1.59. The lowest BCUT2D eigenvalue weighted by Gasteiger charge is -2.18. The van der Waals surface area contributed by atoms with Gasteiger partial charge < -0.3 is 14.2 Å². The molecule has 0 aliphatic carbocycles. The Morgan fingerprint density at radius 3 is 0.488 bits per heavy atom. The van der Waals surface area contributed by atoms with Gasteiger partial charge in [-0.25, -0.2) is 0 Å². The lowest BCUT2D eigenvalue weighted by molar-refractivity contribution is -0.167. The highest BCUT2D eigenvalue weighted by atomic mass is 16.6. The van der Waals surface area contributed by atoms with Crippen LogP contribution in [0.4, 0.5) is 0 Å². The van der Waals surface area contributed by atoms with Crippen LogP contribution in [0, 0.1) is 0 Å². The molecule has 0 N–H and O–H groups in total. The predicted molar refractivity (Wildman–Crippen MR) is 358 cm³/mol. The second-order valence-corrected chi connectivity index (χ2v) is 26.3. The lowest BCUT2D eigenvalue weighted by Crippen LogP contribution is -2.30. The molecule has 0 aromatic rings. The highest BCUT2D eigenvalue weighted by Gasteiger charge is 2.20. The fourth-order valence-corrected chi connectivity index (χ4v) is 12.2. The van der Waals surface area contributed by atoms with E-state index >= 15 is 0 Å². The highest BCUT2D eigenvalue weighted by molar-refractivity contribution is 5.71. The van der Waals surface area contributed by atoms with E-state index in [4.69, 9.17) is 14.2 Å². The van der Waals surface area contributed by atoms with E-state index in [0.29, 0.717) is 19.3 Å². The standard InChI is InChI=1S/C76H148O6/c1-4-7-10-13-16-19-21-23-25-27-29-31-33-34-35-36-37-38-39-40-41-42-43-45-46-48-50-52-54-57-60-63-66-69-75(78)81-72-73(71-80-74(77)68-65-62-59-56-18-15-12-9-6-3)82-76(79)70-67-64-61-58-55-53-51-49-47-44-32-30-28-26-24-22-20-17-14-11-8-5-2/h73H,4-72H2,1-3H3. The largest absolute Gasteiger partial charge is 0.462 e. The van der Waals surface area contributed by atoms with Crippen molar-refractivity contribution < 1.29 is 28.6 Å². The van der Waals surface area contributed by atoms with Gasteiger partial charge in [0.2, 0.25) is 0 Å². The zero-order valence-corrected chi connectivity index (χ0v) is 56.3. The van der Waals surface area contributed by atoms with Gasteiger partial charge in [-0.1, -0.05) is 412 Å². The normalized spacial score (nSPS) is 11.9. The maximum Gasteiger partial charge on any atom is 0.306 e. The maximum atomic E-state index is 12.9. The monoisotopic (exact) mass is 1160 g/mol. The van der Waals surface area contributed by atoms with E-state index in [1.54, 1.807) is 0 Å². The Bertz CT molecular complexity index is 1240. The molecule has 0 aromatic heterocycles. The van der Waals surface area contributed by atoms with Gasteiger partial charge in [0.05, 0.1) is 0 Å². The molecule has 0 radical (unpaired) electrons. The van der Waals surface area contributed by atoms with Crippen LogP contribution in [0.25, 0.3) is 0 Å². The van der Waals surface area contributed by atoms with Gasteiger partial charge in [0.1, 0.15) is 13.2 Å². The van der Waals surface area contributed by atoms with Crippen molar-refractivity contribution in [2.24, 2.45) is 0 Å². The smallest absolute Gasteiger partial charge is 0.306 e. The minimum Gasteiger partial charge on any atom is -0.462 e. The van der Waals surface area contributed by atoms with E-state index in [2.05, 4.69) is 20.8 Å². The van der Waals surface area contributed by atoms with E-state index in [-0.39, 0.29) is 31.1 Å². The van der Waals surface area contributed by atoms with Crippen molar-refractivity contribution in [3.8, 4) is 0 Å². The summed E-state index contributed by atoms with van der Waals surface area (Å²) in [6.07, 6.45) is 86.1. The molecule has 1 atom stereocenters. The number of carbonyl (C=O) groups is 3. The van der Waals surface area contributed by atoms with Gasteiger partial charge in [-0.2, -0.15) is 0 Å². The molecule has 488 valence electrons. The summed E-state index contributed by atoms with van der Waals surface area (Å²) in [6.45, 7) is 6.72. The van der Waals surface area contributed by atoms with Gasteiger partial charge >= 0.3 is 17.9 Å². The number of carbonyl (C=O) groups excluding carboxylic acids is 3. The van der Waals surface area contributed by atoms with Gasteiger partial charge in [0.25, 0.3) is 0 Å². The van der Waals surface area contributed by atoms with Crippen molar-refractivity contribution in [3.63, 3.8) is 0 Å². The van der Waals surface area contributed by atoms with Crippen molar-refractivity contribution in [3.05, 3.63) is 0 Å². The van der Waals surface area contributed by atoms with Gasteiger partial charge in [0, 0.05) is 19.3 Å². The van der Waals surface area contributed by atoms with Crippen molar-refractivity contribution in [2.75, 3.05) is 13.2 Å². The molecule has 6 nitrogen and oxygen atoms in total. The molecular weight excluding hydrogens is 1010 g/mol. The van der Waals surface area contributed by atoms with Gasteiger partial charge in [0.15, 0.2) is 6.10 Å². The van der Waals surface area contributed by atoms with Crippen LogP contribution < -0.4 is 0 Å². The molecule has 0 aliphatic rings. The number of hydrogen-bond donors (Lipinski definition) is 0. The van der Waals surface area contributed by atoms with Gasteiger partial charge in [-0.05, 0) is 19.3 Å². The van der Waals surface area contributed by atoms with Crippen LogP contribution >= 0.6 is 0 Å². The summed E-state index contributed by atoms with van der Waals surface area (Å²) in [5, 5.41) is 0. The third kappa shape index (κ3) is 69.2. The van der Waals surface area contributed by atoms with Crippen molar-refractivity contribution in [2.45, 2.75) is 457 Å². The van der Waals surface area contributed by atoms with E-state index in [1.807, 2.05) is 0 Å². The molecule has 0 heterocycles. The molecule has 1 unspecified atom stereocenters. The van der Waals surface area contributed by atoms with E-state index in [0.717, 1.165) is 57.8 Å². The maximum absolute atomic E-state index is 12.9. The first-order chi connectivity index (χ1) is 40.5. The third-order valence-corrected chi connectivity index (χ3v) is 17.9. The number of esters is 3. The number of hydrogen-bond acceptors (Lipinski definition) is 6. The predicted octanol–water partition coefficient (Wildman–Crippen LogP) is 26.2. The van der Waals surface area contributed by atoms with Crippen LogP contribution in [-0.4, -0.2) is 37.2 Å². The molecule has 0 aromatic carbocycles. The van der Waals surface area contributed by atoms with Crippen LogP contribution in [0.5, 0.6) is 0 Å². The SMILES string of the molecule is CCCCCCCCCCCCCCCCCCCCCCCCCCCCCCCCCCCC(=O)OCC(COC(=O)CCCCCCCCCCC)OC(=O)CCCCCCCCCCCCCCCCCCCCCCCC. The molecule has 0 spiro atoms. The second-order valence-electron chi connectivity index (χ2n) is 26.3. The molecule has 0 fully saturated rings. The Labute approximate surface area is 514 Å². The Balaban J connectivity index is 3.98. The fourth-order valence-electron chi connectivity index (χ4n) is 12.2. The molecule has 6 heteroatoms. The first-order valence-corrected chi connectivity index (χ1v) is 38.0. The van der Waals surface area contributed by atoms with E-state index < -0.39 is 6.10 Å². The van der Waals surface area contributed by atoms with Gasteiger partial charge in [-0.3, -0.25) is 14.4 Å². The van der Waals surface area contributed by atoms with Crippen LogP contribution in [-0.2, 0) is 28.6 Å². The van der Waals surface area contributed by atoms with Crippen molar-refractivity contribution in [1.29, 1.82) is 0 Å². The number of ether oxygens (including phenoxy) is 3. The van der Waals surface area contributed by atoms with Gasteiger partial charge in [-0.15, -0.1) is 0 Å². The summed E-state index contributed by atoms with van der Waals surface area (Å²) in [5.74, 6) is -0.825. The molecule has 0 bridgehead atoms. The van der Waals surface area contributed by atoms with Crippen molar-refractivity contribution in [1.82, 2.24) is 0 Å². The quantitative estimate of drug-likeness (QED) is 0.0343. The molecule has 0 saturated heterocycles. The minimum atomic E-state index is -0.763. The third-order valence-electron chi connectivity index (χ3n) is 17.9. The van der Waals surface area contributed by atoms with Crippen molar-refractivity contribution >= 4 is 17.9 Å².